The lowest BCUT2D eigenvalue weighted by Crippen LogP contribution is -2.32. The van der Waals surface area contributed by atoms with E-state index < -0.39 is 0 Å². The van der Waals surface area contributed by atoms with Crippen molar-refractivity contribution in [2.45, 2.75) is 39.2 Å². The number of aryl methyl sites for hydroxylation is 2. The first-order chi connectivity index (χ1) is 12.4. The fourth-order valence-electron chi connectivity index (χ4n) is 3.29. The quantitative estimate of drug-likeness (QED) is 0.891. The summed E-state index contributed by atoms with van der Waals surface area (Å²) < 4.78 is 0. The zero-order chi connectivity index (χ0) is 18.7. The summed E-state index contributed by atoms with van der Waals surface area (Å²) in [5, 5.41) is 4.53. The molecule has 2 aromatic rings. The van der Waals surface area contributed by atoms with Crippen LogP contribution in [-0.4, -0.2) is 54.0 Å². The van der Waals surface area contributed by atoms with E-state index in [2.05, 4.69) is 21.4 Å². The van der Waals surface area contributed by atoms with Crippen LogP contribution in [0.15, 0.2) is 18.3 Å². The molecule has 1 fully saturated rings. The van der Waals surface area contributed by atoms with Gasteiger partial charge in [-0.25, -0.2) is 9.97 Å². The molecule has 1 atom stereocenters. The monoisotopic (exact) mass is 373 g/mol. The molecule has 0 unspecified atom stereocenters. The number of hydrogen-bond acceptors (Lipinski definition) is 6. The summed E-state index contributed by atoms with van der Waals surface area (Å²) in [5.41, 5.74) is 1.89. The summed E-state index contributed by atoms with van der Waals surface area (Å²) in [4.78, 5) is 26.4. The number of carbonyl (C=O) groups excluding carboxylic acids is 1. The number of amides is 1. The molecule has 0 bridgehead atoms. The van der Waals surface area contributed by atoms with E-state index in [0.29, 0.717) is 6.04 Å². The SMILES string of the molecule is Cc1nc(C)c(C(=O)N2CCC[C@@H](Nc3ccc(N(C)C)nc3)CC2)s1. The van der Waals surface area contributed by atoms with Gasteiger partial charge in [-0.15, -0.1) is 11.3 Å². The van der Waals surface area contributed by atoms with Crippen molar-refractivity contribution in [1.29, 1.82) is 0 Å². The Balaban J connectivity index is 1.59. The standard InChI is InChI=1S/C19H27N5OS/c1-13-18(26-14(2)21-13)19(25)24-10-5-6-15(9-11-24)22-16-7-8-17(20-12-16)23(3)4/h7-8,12,15,22H,5-6,9-11H2,1-4H3/t15-/m1/s1. The molecule has 2 aromatic heterocycles. The first-order valence-corrected chi connectivity index (χ1v) is 9.89. The molecule has 0 aromatic carbocycles. The van der Waals surface area contributed by atoms with Crippen LogP contribution in [0.25, 0.3) is 0 Å². The van der Waals surface area contributed by atoms with Gasteiger partial charge in [0.1, 0.15) is 10.7 Å². The van der Waals surface area contributed by atoms with Crippen molar-refractivity contribution in [2.24, 2.45) is 0 Å². The van der Waals surface area contributed by atoms with Crippen LogP contribution < -0.4 is 10.2 Å². The fraction of sp³-hybridized carbons (Fsp3) is 0.526. The normalized spacial score (nSPS) is 17.7. The van der Waals surface area contributed by atoms with E-state index in [0.717, 1.165) is 59.4 Å². The highest BCUT2D eigenvalue weighted by molar-refractivity contribution is 7.13. The van der Waals surface area contributed by atoms with Gasteiger partial charge in [0, 0.05) is 33.2 Å². The van der Waals surface area contributed by atoms with Crippen molar-refractivity contribution < 1.29 is 4.79 Å². The second-order valence-electron chi connectivity index (χ2n) is 7.01. The van der Waals surface area contributed by atoms with Crippen LogP contribution in [0.2, 0.25) is 0 Å². The molecule has 0 aliphatic carbocycles. The Hall–Kier alpha value is -2.15. The van der Waals surface area contributed by atoms with Crippen LogP contribution in [0, 0.1) is 13.8 Å². The van der Waals surface area contributed by atoms with Crippen molar-refractivity contribution in [1.82, 2.24) is 14.9 Å². The minimum Gasteiger partial charge on any atom is -0.381 e. The molecular weight excluding hydrogens is 346 g/mol. The average Bonchev–Trinajstić information content (AvgIpc) is 2.81. The maximum Gasteiger partial charge on any atom is 0.265 e. The molecule has 0 spiro atoms. The molecule has 3 heterocycles. The zero-order valence-electron chi connectivity index (χ0n) is 16.0. The van der Waals surface area contributed by atoms with Gasteiger partial charge in [-0.1, -0.05) is 0 Å². The number of aromatic nitrogens is 2. The summed E-state index contributed by atoms with van der Waals surface area (Å²) in [5.74, 6) is 1.08. The molecule has 26 heavy (non-hydrogen) atoms. The van der Waals surface area contributed by atoms with E-state index in [9.17, 15) is 4.79 Å². The van der Waals surface area contributed by atoms with Gasteiger partial charge in [0.2, 0.25) is 0 Å². The van der Waals surface area contributed by atoms with Gasteiger partial charge >= 0.3 is 0 Å². The molecule has 140 valence electrons. The van der Waals surface area contributed by atoms with Gasteiger partial charge in [-0.2, -0.15) is 0 Å². The second kappa shape index (κ2) is 8.03. The molecule has 1 aliphatic heterocycles. The Bertz CT molecular complexity index is 756. The molecule has 0 saturated carbocycles. The number of thiazole rings is 1. The summed E-state index contributed by atoms with van der Waals surface area (Å²) in [6, 6.07) is 4.45. The largest absolute Gasteiger partial charge is 0.381 e. The highest BCUT2D eigenvalue weighted by Gasteiger charge is 2.24. The highest BCUT2D eigenvalue weighted by atomic mass is 32.1. The summed E-state index contributed by atoms with van der Waals surface area (Å²) in [6.07, 6.45) is 4.88. The Morgan fingerprint density at radius 3 is 2.69 bits per heavy atom. The van der Waals surface area contributed by atoms with Crippen LogP contribution in [-0.2, 0) is 0 Å². The molecular formula is C19H27N5OS. The number of rotatable bonds is 4. The zero-order valence-corrected chi connectivity index (χ0v) is 16.8. The van der Waals surface area contributed by atoms with Crippen LogP contribution in [0.3, 0.4) is 0 Å². The first-order valence-electron chi connectivity index (χ1n) is 9.07. The number of anilines is 2. The lowest BCUT2D eigenvalue weighted by molar-refractivity contribution is 0.0765. The third-order valence-corrected chi connectivity index (χ3v) is 5.75. The van der Waals surface area contributed by atoms with Crippen molar-refractivity contribution in [3.8, 4) is 0 Å². The van der Waals surface area contributed by atoms with E-state index in [1.165, 1.54) is 11.3 Å². The number of nitrogens with zero attached hydrogens (tertiary/aromatic N) is 4. The summed E-state index contributed by atoms with van der Waals surface area (Å²) >= 11 is 1.50. The number of likely N-dealkylation sites (tertiary alicyclic amines) is 1. The molecule has 1 amide bonds. The lowest BCUT2D eigenvalue weighted by atomic mass is 10.1. The maximum absolute atomic E-state index is 12.8. The summed E-state index contributed by atoms with van der Waals surface area (Å²) in [7, 11) is 3.97. The molecule has 3 rings (SSSR count). The molecule has 1 aliphatic rings. The van der Waals surface area contributed by atoms with Crippen LogP contribution in [0.4, 0.5) is 11.5 Å². The molecule has 6 nitrogen and oxygen atoms in total. The number of nitrogens with one attached hydrogen (secondary N) is 1. The lowest BCUT2D eigenvalue weighted by Gasteiger charge is -2.21. The Labute approximate surface area is 159 Å². The van der Waals surface area contributed by atoms with Crippen LogP contribution >= 0.6 is 11.3 Å². The smallest absolute Gasteiger partial charge is 0.265 e. The topological polar surface area (TPSA) is 61.4 Å². The third kappa shape index (κ3) is 4.33. The van der Waals surface area contributed by atoms with Crippen LogP contribution in [0.5, 0.6) is 0 Å². The van der Waals surface area contributed by atoms with E-state index in [4.69, 9.17) is 0 Å². The van der Waals surface area contributed by atoms with Gasteiger partial charge in [0.05, 0.1) is 22.6 Å². The maximum atomic E-state index is 12.8. The van der Waals surface area contributed by atoms with Gasteiger partial charge in [0.15, 0.2) is 0 Å². The van der Waals surface area contributed by atoms with E-state index in [1.54, 1.807) is 0 Å². The first kappa shape index (κ1) is 18.6. The Morgan fingerprint density at radius 1 is 1.27 bits per heavy atom. The number of carbonyl (C=O) groups is 1. The highest BCUT2D eigenvalue weighted by Crippen LogP contribution is 2.23. The van der Waals surface area contributed by atoms with Crippen molar-refractivity contribution in [2.75, 3.05) is 37.4 Å². The van der Waals surface area contributed by atoms with Gasteiger partial charge < -0.3 is 15.1 Å². The van der Waals surface area contributed by atoms with Crippen molar-refractivity contribution in [3.05, 3.63) is 33.9 Å². The summed E-state index contributed by atoms with van der Waals surface area (Å²) in [6.45, 7) is 5.46. The average molecular weight is 374 g/mol. The Morgan fingerprint density at radius 2 is 2.08 bits per heavy atom. The minimum absolute atomic E-state index is 0.130. The predicted molar refractivity (Wildman–Crippen MR) is 107 cm³/mol. The van der Waals surface area contributed by atoms with Crippen LogP contribution in [0.1, 0.15) is 39.6 Å². The third-order valence-electron chi connectivity index (χ3n) is 4.69. The fourth-order valence-corrected chi connectivity index (χ4v) is 4.18. The van der Waals surface area contributed by atoms with Crippen molar-refractivity contribution in [3.63, 3.8) is 0 Å². The second-order valence-corrected chi connectivity index (χ2v) is 8.21. The number of hydrogen-bond donors (Lipinski definition) is 1. The van der Waals surface area contributed by atoms with E-state index >= 15 is 0 Å². The molecule has 0 radical (unpaired) electrons. The van der Waals surface area contributed by atoms with E-state index in [1.807, 2.05) is 50.0 Å². The molecule has 7 heteroatoms. The Kier molecular flexibility index (Phi) is 5.76. The predicted octanol–water partition coefficient (Wildman–Crippen LogP) is 3.33. The minimum atomic E-state index is 0.130. The molecule has 1 saturated heterocycles. The molecule has 1 N–H and O–H groups in total. The van der Waals surface area contributed by atoms with E-state index in [-0.39, 0.29) is 5.91 Å². The van der Waals surface area contributed by atoms with Gasteiger partial charge in [0.25, 0.3) is 5.91 Å². The van der Waals surface area contributed by atoms with Gasteiger partial charge in [-0.3, -0.25) is 4.79 Å². The van der Waals surface area contributed by atoms with Crippen molar-refractivity contribution >= 4 is 28.7 Å². The number of pyridine rings is 1. The van der Waals surface area contributed by atoms with Gasteiger partial charge in [-0.05, 0) is 45.2 Å².